The summed E-state index contributed by atoms with van der Waals surface area (Å²) in [6.07, 6.45) is 1.49. The summed E-state index contributed by atoms with van der Waals surface area (Å²) in [5.41, 5.74) is 0.224. The molecule has 1 unspecified atom stereocenters. The topological polar surface area (TPSA) is 87.5 Å². The van der Waals surface area contributed by atoms with Crippen molar-refractivity contribution >= 4 is 11.9 Å². The SMILES string of the molecule is CC(C(=O)O)n1ccc(C(=O)NCCN(C)C)n1. The minimum absolute atomic E-state index is 0.224. The molecule has 0 aromatic carbocycles. The van der Waals surface area contributed by atoms with Crippen molar-refractivity contribution in [3.05, 3.63) is 18.0 Å². The zero-order valence-corrected chi connectivity index (χ0v) is 10.8. The van der Waals surface area contributed by atoms with E-state index in [9.17, 15) is 9.59 Å². The molecule has 18 heavy (non-hydrogen) atoms. The molecule has 1 aromatic rings. The Labute approximate surface area is 105 Å². The Kier molecular flexibility index (Phi) is 4.85. The third kappa shape index (κ3) is 3.85. The Balaban J connectivity index is 2.57. The van der Waals surface area contributed by atoms with Crippen LogP contribution >= 0.6 is 0 Å². The van der Waals surface area contributed by atoms with Crippen LogP contribution in [0.1, 0.15) is 23.5 Å². The summed E-state index contributed by atoms with van der Waals surface area (Å²) < 4.78 is 1.25. The Bertz CT molecular complexity index is 428. The molecule has 1 atom stereocenters. The maximum absolute atomic E-state index is 11.7. The molecule has 1 heterocycles. The number of nitrogens with one attached hydrogen (secondary N) is 1. The van der Waals surface area contributed by atoms with Crippen molar-refractivity contribution in [3.63, 3.8) is 0 Å². The normalized spacial score (nSPS) is 12.4. The van der Waals surface area contributed by atoms with Crippen molar-refractivity contribution in [2.24, 2.45) is 0 Å². The first kappa shape index (κ1) is 14.2. The van der Waals surface area contributed by atoms with Crippen LogP contribution in [0.3, 0.4) is 0 Å². The molecule has 0 aliphatic carbocycles. The number of amides is 1. The molecule has 0 saturated carbocycles. The van der Waals surface area contributed by atoms with Crippen LogP contribution < -0.4 is 5.32 Å². The van der Waals surface area contributed by atoms with E-state index in [4.69, 9.17) is 5.11 Å². The molecule has 0 saturated heterocycles. The van der Waals surface area contributed by atoms with Gasteiger partial charge in [-0.15, -0.1) is 0 Å². The number of nitrogens with zero attached hydrogens (tertiary/aromatic N) is 3. The maximum Gasteiger partial charge on any atom is 0.328 e. The van der Waals surface area contributed by atoms with Crippen LogP contribution in [0, 0.1) is 0 Å². The van der Waals surface area contributed by atoms with Gasteiger partial charge in [-0.05, 0) is 27.1 Å². The van der Waals surface area contributed by atoms with Gasteiger partial charge in [-0.25, -0.2) is 4.79 Å². The molecule has 1 aromatic heterocycles. The van der Waals surface area contributed by atoms with Crippen LogP contribution in [0.2, 0.25) is 0 Å². The summed E-state index contributed by atoms with van der Waals surface area (Å²) in [5.74, 6) is -1.29. The predicted octanol–water partition coefficient (Wildman–Crippen LogP) is -0.180. The van der Waals surface area contributed by atoms with E-state index in [1.54, 1.807) is 0 Å². The monoisotopic (exact) mass is 254 g/mol. The lowest BCUT2D eigenvalue weighted by Gasteiger charge is -2.09. The first-order valence-corrected chi connectivity index (χ1v) is 5.62. The molecule has 1 rings (SSSR count). The van der Waals surface area contributed by atoms with Crippen LogP contribution in [0.15, 0.2) is 12.3 Å². The molecule has 0 aliphatic rings. The lowest BCUT2D eigenvalue weighted by molar-refractivity contribution is -0.140. The second kappa shape index (κ2) is 6.15. The molecule has 0 bridgehead atoms. The highest BCUT2D eigenvalue weighted by Crippen LogP contribution is 2.05. The van der Waals surface area contributed by atoms with Crippen molar-refractivity contribution in [1.29, 1.82) is 0 Å². The molecule has 1 amide bonds. The number of hydrogen-bond acceptors (Lipinski definition) is 4. The van der Waals surface area contributed by atoms with E-state index in [1.807, 2.05) is 19.0 Å². The molecule has 0 aliphatic heterocycles. The standard InChI is InChI=1S/C11H18N4O3/c1-8(11(17)18)15-6-4-9(13-15)10(16)12-5-7-14(2)3/h4,6,8H,5,7H2,1-3H3,(H,12,16)(H,17,18). The number of carboxylic acids is 1. The fourth-order valence-electron chi connectivity index (χ4n) is 1.27. The molecular weight excluding hydrogens is 236 g/mol. The fourth-order valence-corrected chi connectivity index (χ4v) is 1.27. The molecule has 7 heteroatoms. The van der Waals surface area contributed by atoms with Crippen molar-refractivity contribution in [2.75, 3.05) is 27.2 Å². The average molecular weight is 254 g/mol. The van der Waals surface area contributed by atoms with Gasteiger partial charge in [0.2, 0.25) is 0 Å². The third-order valence-electron chi connectivity index (χ3n) is 2.44. The molecule has 0 spiro atoms. The highest BCUT2D eigenvalue weighted by atomic mass is 16.4. The molecule has 100 valence electrons. The van der Waals surface area contributed by atoms with E-state index >= 15 is 0 Å². The summed E-state index contributed by atoms with van der Waals surface area (Å²) in [7, 11) is 3.82. The first-order valence-electron chi connectivity index (χ1n) is 5.62. The van der Waals surface area contributed by atoms with Gasteiger partial charge in [0.25, 0.3) is 5.91 Å². The minimum Gasteiger partial charge on any atom is -0.480 e. The summed E-state index contributed by atoms with van der Waals surface area (Å²) in [4.78, 5) is 24.4. The van der Waals surface area contributed by atoms with Crippen LogP contribution in [0.4, 0.5) is 0 Å². The Morgan fingerprint density at radius 1 is 1.56 bits per heavy atom. The largest absolute Gasteiger partial charge is 0.480 e. The zero-order chi connectivity index (χ0) is 13.7. The van der Waals surface area contributed by atoms with Gasteiger partial charge in [-0.3, -0.25) is 9.48 Å². The van der Waals surface area contributed by atoms with Crippen molar-refractivity contribution < 1.29 is 14.7 Å². The lowest BCUT2D eigenvalue weighted by Crippen LogP contribution is -2.31. The van der Waals surface area contributed by atoms with Crippen LogP contribution in [-0.4, -0.2) is 58.8 Å². The molecule has 7 nitrogen and oxygen atoms in total. The number of carbonyl (C=O) groups is 2. The molecule has 2 N–H and O–H groups in total. The fraction of sp³-hybridized carbons (Fsp3) is 0.545. The van der Waals surface area contributed by atoms with Gasteiger partial charge < -0.3 is 15.3 Å². The number of carboxylic acid groups (broad SMARTS) is 1. The zero-order valence-electron chi connectivity index (χ0n) is 10.8. The van der Waals surface area contributed by atoms with E-state index in [1.165, 1.54) is 23.9 Å². The van der Waals surface area contributed by atoms with Gasteiger partial charge in [0.05, 0.1) is 0 Å². The Hall–Kier alpha value is -1.89. The summed E-state index contributed by atoms with van der Waals surface area (Å²) in [6, 6.07) is 0.720. The van der Waals surface area contributed by atoms with Gasteiger partial charge >= 0.3 is 5.97 Å². The van der Waals surface area contributed by atoms with Gasteiger partial charge in [-0.1, -0.05) is 0 Å². The first-order chi connectivity index (χ1) is 8.41. The quantitative estimate of drug-likeness (QED) is 0.735. The van der Waals surface area contributed by atoms with E-state index in [0.717, 1.165) is 6.54 Å². The summed E-state index contributed by atoms with van der Waals surface area (Å²) in [5, 5.41) is 15.5. The predicted molar refractivity (Wildman–Crippen MR) is 65.5 cm³/mol. The van der Waals surface area contributed by atoms with Gasteiger partial charge in [0, 0.05) is 19.3 Å². The lowest BCUT2D eigenvalue weighted by atomic mass is 10.3. The van der Waals surface area contributed by atoms with Crippen molar-refractivity contribution in [3.8, 4) is 0 Å². The summed E-state index contributed by atoms with van der Waals surface area (Å²) in [6.45, 7) is 2.76. The Morgan fingerprint density at radius 3 is 2.78 bits per heavy atom. The maximum atomic E-state index is 11.7. The van der Waals surface area contributed by atoms with Gasteiger partial charge in [0.15, 0.2) is 0 Å². The number of carbonyl (C=O) groups excluding carboxylic acids is 1. The highest BCUT2D eigenvalue weighted by molar-refractivity contribution is 5.92. The number of aromatic nitrogens is 2. The average Bonchev–Trinajstić information content (AvgIpc) is 2.76. The molecular formula is C11H18N4O3. The molecule has 0 fully saturated rings. The number of rotatable bonds is 6. The van der Waals surface area contributed by atoms with E-state index in [0.29, 0.717) is 6.54 Å². The summed E-state index contributed by atoms with van der Waals surface area (Å²) >= 11 is 0. The van der Waals surface area contributed by atoms with Crippen molar-refractivity contribution in [1.82, 2.24) is 20.0 Å². The van der Waals surface area contributed by atoms with Gasteiger partial charge in [0.1, 0.15) is 11.7 Å². The molecule has 0 radical (unpaired) electrons. The van der Waals surface area contributed by atoms with Crippen LogP contribution in [0.25, 0.3) is 0 Å². The smallest absolute Gasteiger partial charge is 0.328 e. The number of likely N-dealkylation sites (N-methyl/N-ethyl adjacent to an activating group) is 1. The van der Waals surface area contributed by atoms with E-state index in [-0.39, 0.29) is 11.6 Å². The van der Waals surface area contributed by atoms with Gasteiger partial charge in [-0.2, -0.15) is 5.10 Å². The third-order valence-corrected chi connectivity index (χ3v) is 2.44. The second-order valence-corrected chi connectivity index (χ2v) is 4.25. The highest BCUT2D eigenvalue weighted by Gasteiger charge is 2.16. The van der Waals surface area contributed by atoms with E-state index < -0.39 is 12.0 Å². The number of aliphatic carboxylic acids is 1. The minimum atomic E-state index is -0.988. The van der Waals surface area contributed by atoms with Crippen LogP contribution in [0.5, 0.6) is 0 Å². The Morgan fingerprint density at radius 2 is 2.22 bits per heavy atom. The van der Waals surface area contributed by atoms with Crippen molar-refractivity contribution in [2.45, 2.75) is 13.0 Å². The van der Waals surface area contributed by atoms with Crippen LogP contribution in [-0.2, 0) is 4.79 Å². The second-order valence-electron chi connectivity index (χ2n) is 4.25. The number of hydrogen-bond donors (Lipinski definition) is 2. The van der Waals surface area contributed by atoms with E-state index in [2.05, 4.69) is 10.4 Å².